The van der Waals surface area contributed by atoms with E-state index >= 15 is 0 Å². The van der Waals surface area contributed by atoms with Crippen molar-refractivity contribution in [2.75, 3.05) is 17.7 Å². The maximum Gasteiger partial charge on any atom is 0.307 e. The van der Waals surface area contributed by atoms with Crippen LogP contribution in [0, 0.1) is 6.92 Å². The second-order valence-corrected chi connectivity index (χ2v) is 7.15. The third-order valence-corrected chi connectivity index (χ3v) is 5.19. The Bertz CT molecular complexity index is 1090. The zero-order valence-electron chi connectivity index (χ0n) is 16.1. The number of para-hydroxylation sites is 1. The number of benzene rings is 2. The van der Waals surface area contributed by atoms with Gasteiger partial charge in [0.05, 0.1) is 18.4 Å². The molecule has 2 N–H and O–H groups in total. The van der Waals surface area contributed by atoms with E-state index in [0.29, 0.717) is 22.7 Å². The minimum atomic E-state index is -0.348. The number of aryl methyl sites for hydroxylation is 1. The lowest BCUT2D eigenvalue weighted by Gasteiger charge is -2.12. The molecular formula is C21H21N3O4S. The van der Waals surface area contributed by atoms with Gasteiger partial charge in [0.15, 0.2) is 0 Å². The normalized spacial score (nSPS) is 10.4. The minimum Gasteiger partial charge on any atom is -0.497 e. The van der Waals surface area contributed by atoms with Gasteiger partial charge in [-0.15, -0.1) is 0 Å². The fourth-order valence-electron chi connectivity index (χ4n) is 2.79. The van der Waals surface area contributed by atoms with Crippen LogP contribution in [0.2, 0.25) is 0 Å². The van der Waals surface area contributed by atoms with E-state index in [9.17, 15) is 14.4 Å². The predicted octanol–water partition coefficient (Wildman–Crippen LogP) is 3.51. The van der Waals surface area contributed by atoms with E-state index < -0.39 is 0 Å². The van der Waals surface area contributed by atoms with E-state index in [1.165, 1.54) is 0 Å². The van der Waals surface area contributed by atoms with E-state index in [1.54, 1.807) is 65.6 Å². The fraction of sp³-hybridized carbons (Fsp3) is 0.190. The number of nitrogens with one attached hydrogen (secondary N) is 2. The number of amides is 2. The first-order valence-corrected chi connectivity index (χ1v) is 9.85. The smallest absolute Gasteiger partial charge is 0.307 e. The number of carbonyl (C=O) groups excluding carboxylic acids is 2. The van der Waals surface area contributed by atoms with Crippen LogP contribution in [0.15, 0.2) is 58.7 Å². The molecule has 7 nitrogen and oxygen atoms in total. The van der Waals surface area contributed by atoms with Gasteiger partial charge < -0.3 is 19.9 Å². The van der Waals surface area contributed by atoms with Crippen LogP contribution in [-0.4, -0.2) is 23.5 Å². The van der Waals surface area contributed by atoms with E-state index in [4.69, 9.17) is 4.74 Å². The summed E-state index contributed by atoms with van der Waals surface area (Å²) < 4.78 is 6.72. The van der Waals surface area contributed by atoms with Crippen molar-refractivity contribution in [3.8, 4) is 5.75 Å². The lowest BCUT2D eigenvalue weighted by molar-refractivity contribution is -0.116. The number of carbonyl (C=O) groups is 2. The van der Waals surface area contributed by atoms with Gasteiger partial charge in [-0.1, -0.05) is 29.5 Å². The third-order valence-electron chi connectivity index (χ3n) is 4.31. The number of nitrogens with zero attached hydrogens (tertiary/aromatic N) is 1. The van der Waals surface area contributed by atoms with Crippen molar-refractivity contribution >= 4 is 34.5 Å². The SMILES string of the molecule is COc1cccc(NC(=O)c2ccccc2NC(=O)CCn2c(C)csc2=O)c1. The number of hydrogen-bond donors (Lipinski definition) is 2. The molecule has 0 spiro atoms. The fourth-order valence-corrected chi connectivity index (χ4v) is 3.55. The summed E-state index contributed by atoms with van der Waals surface area (Å²) in [6.07, 6.45) is 0.128. The van der Waals surface area contributed by atoms with Crippen LogP contribution in [0.3, 0.4) is 0 Å². The molecular weight excluding hydrogens is 390 g/mol. The van der Waals surface area contributed by atoms with Crippen LogP contribution in [-0.2, 0) is 11.3 Å². The van der Waals surface area contributed by atoms with Crippen molar-refractivity contribution in [3.63, 3.8) is 0 Å². The largest absolute Gasteiger partial charge is 0.497 e. The summed E-state index contributed by atoms with van der Waals surface area (Å²) in [7, 11) is 1.55. The molecule has 3 aromatic rings. The lowest BCUT2D eigenvalue weighted by atomic mass is 10.1. The van der Waals surface area contributed by atoms with Crippen molar-refractivity contribution in [1.82, 2.24) is 4.57 Å². The molecule has 0 radical (unpaired) electrons. The van der Waals surface area contributed by atoms with E-state index in [0.717, 1.165) is 17.0 Å². The van der Waals surface area contributed by atoms with Crippen LogP contribution in [0.25, 0.3) is 0 Å². The summed E-state index contributed by atoms with van der Waals surface area (Å²) in [4.78, 5) is 36.8. The van der Waals surface area contributed by atoms with Gasteiger partial charge in [-0.25, -0.2) is 0 Å². The average Bonchev–Trinajstić information content (AvgIpc) is 3.04. The van der Waals surface area contributed by atoms with Crippen molar-refractivity contribution in [2.24, 2.45) is 0 Å². The molecule has 3 rings (SSSR count). The molecule has 2 amide bonds. The molecule has 8 heteroatoms. The van der Waals surface area contributed by atoms with Crippen LogP contribution in [0.1, 0.15) is 22.5 Å². The minimum absolute atomic E-state index is 0.0895. The Morgan fingerprint density at radius 1 is 1.10 bits per heavy atom. The highest BCUT2D eigenvalue weighted by Crippen LogP contribution is 2.20. The van der Waals surface area contributed by atoms with Gasteiger partial charge in [0, 0.05) is 35.8 Å². The molecule has 1 heterocycles. The van der Waals surface area contributed by atoms with Crippen LogP contribution in [0.4, 0.5) is 11.4 Å². The zero-order valence-corrected chi connectivity index (χ0v) is 16.9. The molecule has 2 aromatic carbocycles. The first-order valence-electron chi connectivity index (χ1n) is 8.97. The lowest BCUT2D eigenvalue weighted by Crippen LogP contribution is -2.21. The zero-order chi connectivity index (χ0) is 20.8. The van der Waals surface area contributed by atoms with Crippen LogP contribution >= 0.6 is 11.3 Å². The number of aromatic nitrogens is 1. The molecule has 0 aliphatic heterocycles. The predicted molar refractivity (Wildman–Crippen MR) is 114 cm³/mol. The number of anilines is 2. The van der Waals surface area contributed by atoms with Gasteiger partial charge in [-0.05, 0) is 31.2 Å². The summed E-state index contributed by atoms with van der Waals surface area (Å²) in [5, 5.41) is 7.33. The maximum absolute atomic E-state index is 12.7. The molecule has 29 heavy (non-hydrogen) atoms. The summed E-state index contributed by atoms with van der Waals surface area (Å²) in [5.41, 5.74) is 2.16. The first-order chi connectivity index (χ1) is 14.0. The van der Waals surface area contributed by atoms with E-state index in [1.807, 2.05) is 6.92 Å². The monoisotopic (exact) mass is 411 g/mol. The summed E-state index contributed by atoms with van der Waals surface area (Å²) in [6.45, 7) is 2.12. The maximum atomic E-state index is 12.7. The number of rotatable bonds is 7. The Morgan fingerprint density at radius 3 is 2.62 bits per heavy atom. The van der Waals surface area contributed by atoms with Gasteiger partial charge >= 0.3 is 4.87 Å². The van der Waals surface area contributed by atoms with Gasteiger partial charge in [0.1, 0.15) is 5.75 Å². The molecule has 0 bridgehead atoms. The van der Waals surface area contributed by atoms with Crippen molar-refractivity contribution in [1.29, 1.82) is 0 Å². The molecule has 0 unspecified atom stereocenters. The first kappa shape index (κ1) is 20.3. The number of methoxy groups -OCH3 is 1. The van der Waals surface area contributed by atoms with Gasteiger partial charge in [0.2, 0.25) is 5.91 Å². The molecule has 150 valence electrons. The van der Waals surface area contributed by atoms with Gasteiger partial charge in [-0.3, -0.25) is 14.4 Å². The molecule has 0 aliphatic rings. The Kier molecular flexibility index (Phi) is 6.46. The summed E-state index contributed by atoms with van der Waals surface area (Å²) >= 11 is 1.11. The van der Waals surface area contributed by atoms with Crippen molar-refractivity contribution in [3.05, 3.63) is 74.8 Å². The van der Waals surface area contributed by atoms with Crippen molar-refractivity contribution < 1.29 is 14.3 Å². The third kappa shape index (κ3) is 5.11. The number of hydrogen-bond acceptors (Lipinski definition) is 5. The van der Waals surface area contributed by atoms with Crippen molar-refractivity contribution in [2.45, 2.75) is 19.9 Å². The number of ether oxygens (including phenoxy) is 1. The second kappa shape index (κ2) is 9.20. The highest BCUT2D eigenvalue weighted by atomic mass is 32.1. The quantitative estimate of drug-likeness (QED) is 0.623. The van der Waals surface area contributed by atoms with Crippen LogP contribution in [0.5, 0.6) is 5.75 Å². The van der Waals surface area contributed by atoms with E-state index in [-0.39, 0.29) is 29.7 Å². The molecule has 0 saturated heterocycles. The highest BCUT2D eigenvalue weighted by molar-refractivity contribution is 7.07. The topological polar surface area (TPSA) is 89.4 Å². The Balaban J connectivity index is 1.68. The highest BCUT2D eigenvalue weighted by Gasteiger charge is 2.14. The van der Waals surface area contributed by atoms with Gasteiger partial charge in [-0.2, -0.15) is 0 Å². The molecule has 0 fully saturated rings. The summed E-state index contributed by atoms with van der Waals surface area (Å²) in [5.74, 6) is 0.00605. The molecule has 0 atom stereocenters. The van der Waals surface area contributed by atoms with Gasteiger partial charge in [0.25, 0.3) is 5.91 Å². The standard InChI is InChI=1S/C21H21N3O4S/c1-14-13-29-21(27)24(14)11-10-19(25)23-18-9-4-3-8-17(18)20(26)22-15-6-5-7-16(12-15)28-2/h3-9,12-13H,10-11H2,1-2H3,(H,22,26)(H,23,25). The Labute approximate surface area is 172 Å². The molecule has 0 saturated carbocycles. The van der Waals surface area contributed by atoms with Crippen LogP contribution < -0.4 is 20.2 Å². The Hall–Kier alpha value is -3.39. The second-order valence-electron chi connectivity index (χ2n) is 6.32. The number of thiazole rings is 1. The summed E-state index contributed by atoms with van der Waals surface area (Å²) in [6, 6.07) is 13.8. The Morgan fingerprint density at radius 2 is 1.90 bits per heavy atom. The molecule has 1 aromatic heterocycles. The van der Waals surface area contributed by atoms with E-state index in [2.05, 4.69) is 10.6 Å². The average molecular weight is 411 g/mol. The molecule has 0 aliphatic carbocycles.